The number of nitrogens with zero attached hydrogens (tertiary/aromatic N) is 1. The average Bonchev–Trinajstić information content (AvgIpc) is 2.44. The summed E-state index contributed by atoms with van der Waals surface area (Å²) in [6, 6.07) is 8.29. The second-order valence-electron chi connectivity index (χ2n) is 5.31. The van der Waals surface area contributed by atoms with Crippen LogP contribution in [0.3, 0.4) is 0 Å². The fourth-order valence-electron chi connectivity index (χ4n) is 1.91. The lowest BCUT2D eigenvalue weighted by molar-refractivity contribution is -0.130. The van der Waals surface area contributed by atoms with Gasteiger partial charge in [0.15, 0.2) is 0 Å². The van der Waals surface area contributed by atoms with Crippen molar-refractivity contribution < 1.29 is 9.53 Å². The Hall–Kier alpha value is -1.55. The van der Waals surface area contributed by atoms with Crippen LogP contribution < -0.4 is 10.1 Å². The summed E-state index contributed by atoms with van der Waals surface area (Å²) in [4.78, 5) is 13.8. The predicted octanol–water partition coefficient (Wildman–Crippen LogP) is 2.43. The van der Waals surface area contributed by atoms with E-state index in [0.717, 1.165) is 24.3 Å². The van der Waals surface area contributed by atoms with Gasteiger partial charge in [-0.05, 0) is 30.7 Å². The number of hydrogen-bond acceptors (Lipinski definition) is 3. The van der Waals surface area contributed by atoms with Gasteiger partial charge in [0.25, 0.3) is 0 Å². The Kier molecular flexibility index (Phi) is 7.09. The zero-order valence-corrected chi connectivity index (χ0v) is 13.0. The number of nitrogens with one attached hydrogen (secondary N) is 1. The van der Waals surface area contributed by atoms with Crippen molar-refractivity contribution in [1.82, 2.24) is 10.2 Å². The van der Waals surface area contributed by atoms with Gasteiger partial charge in [-0.15, -0.1) is 0 Å². The molecule has 0 aromatic heterocycles. The quantitative estimate of drug-likeness (QED) is 0.743. The van der Waals surface area contributed by atoms with Crippen molar-refractivity contribution in [2.75, 3.05) is 20.7 Å². The summed E-state index contributed by atoms with van der Waals surface area (Å²) in [6.07, 6.45) is 1.47. The third-order valence-corrected chi connectivity index (χ3v) is 3.12. The average molecular weight is 278 g/mol. The Labute approximate surface area is 122 Å². The largest absolute Gasteiger partial charge is 0.497 e. The molecule has 1 rings (SSSR count). The zero-order chi connectivity index (χ0) is 15.0. The van der Waals surface area contributed by atoms with Crippen molar-refractivity contribution in [3.8, 4) is 5.75 Å². The van der Waals surface area contributed by atoms with Gasteiger partial charge in [-0.3, -0.25) is 4.79 Å². The Balaban J connectivity index is 2.33. The molecule has 4 nitrogen and oxygen atoms in total. The Morgan fingerprint density at radius 1 is 1.30 bits per heavy atom. The van der Waals surface area contributed by atoms with Crippen molar-refractivity contribution in [3.63, 3.8) is 0 Å². The van der Waals surface area contributed by atoms with E-state index >= 15 is 0 Å². The van der Waals surface area contributed by atoms with E-state index < -0.39 is 0 Å². The van der Waals surface area contributed by atoms with Gasteiger partial charge in [0.2, 0.25) is 5.91 Å². The number of rotatable bonds is 8. The second kappa shape index (κ2) is 8.59. The second-order valence-corrected chi connectivity index (χ2v) is 5.31. The summed E-state index contributed by atoms with van der Waals surface area (Å²) in [5.41, 5.74) is 1.11. The van der Waals surface area contributed by atoms with Crippen LogP contribution in [-0.2, 0) is 11.3 Å². The number of hydrogen-bond donors (Lipinski definition) is 1. The Morgan fingerprint density at radius 3 is 2.50 bits per heavy atom. The summed E-state index contributed by atoms with van der Waals surface area (Å²) in [5, 5.41) is 3.32. The topological polar surface area (TPSA) is 41.6 Å². The highest BCUT2D eigenvalue weighted by Gasteiger charge is 2.09. The van der Waals surface area contributed by atoms with Gasteiger partial charge in [0, 0.05) is 26.1 Å². The van der Waals surface area contributed by atoms with Crippen molar-refractivity contribution in [1.29, 1.82) is 0 Å². The summed E-state index contributed by atoms with van der Waals surface area (Å²) in [5.74, 6) is 1.02. The molecule has 1 aromatic carbocycles. The molecule has 0 saturated heterocycles. The van der Waals surface area contributed by atoms with Gasteiger partial charge in [-0.25, -0.2) is 0 Å². The molecule has 0 heterocycles. The first kappa shape index (κ1) is 16.5. The van der Waals surface area contributed by atoms with E-state index in [4.69, 9.17) is 4.74 Å². The first-order valence-corrected chi connectivity index (χ1v) is 7.13. The maximum absolute atomic E-state index is 12.0. The highest BCUT2D eigenvalue weighted by Crippen LogP contribution is 2.13. The number of ether oxygens (including phenoxy) is 1. The van der Waals surface area contributed by atoms with E-state index in [1.807, 2.05) is 31.3 Å². The van der Waals surface area contributed by atoms with Crippen LogP contribution in [0.5, 0.6) is 5.75 Å². The first-order chi connectivity index (χ1) is 9.52. The molecule has 0 bridgehead atoms. The number of carbonyl (C=O) groups is 1. The molecule has 0 unspecified atom stereocenters. The van der Waals surface area contributed by atoms with Crippen LogP contribution in [0.25, 0.3) is 0 Å². The standard InChI is InChI=1S/C16H26N2O2/c1-13(2)17-11-5-6-16(19)18(3)12-14-7-9-15(20-4)10-8-14/h7-10,13,17H,5-6,11-12H2,1-4H3. The van der Waals surface area contributed by atoms with Gasteiger partial charge in [-0.1, -0.05) is 26.0 Å². The SMILES string of the molecule is COc1ccc(CN(C)C(=O)CCCNC(C)C)cc1. The van der Waals surface area contributed by atoms with Crippen LogP contribution in [0.15, 0.2) is 24.3 Å². The molecule has 1 aromatic rings. The molecule has 1 amide bonds. The van der Waals surface area contributed by atoms with Crippen molar-refractivity contribution >= 4 is 5.91 Å². The molecular formula is C16H26N2O2. The van der Waals surface area contributed by atoms with Gasteiger partial charge in [0.1, 0.15) is 5.75 Å². The highest BCUT2D eigenvalue weighted by atomic mass is 16.5. The summed E-state index contributed by atoms with van der Waals surface area (Å²) in [7, 11) is 3.50. The first-order valence-electron chi connectivity index (χ1n) is 7.13. The molecular weight excluding hydrogens is 252 g/mol. The molecule has 0 atom stereocenters. The van der Waals surface area contributed by atoms with E-state index in [2.05, 4.69) is 19.2 Å². The molecule has 0 aliphatic rings. The van der Waals surface area contributed by atoms with E-state index in [9.17, 15) is 4.79 Å². The predicted molar refractivity (Wildman–Crippen MR) is 81.8 cm³/mol. The third-order valence-electron chi connectivity index (χ3n) is 3.12. The Bertz CT molecular complexity index is 401. The number of amides is 1. The summed E-state index contributed by atoms with van der Waals surface area (Å²) in [6.45, 7) is 5.75. The van der Waals surface area contributed by atoms with Crippen molar-refractivity contribution in [3.05, 3.63) is 29.8 Å². The fraction of sp³-hybridized carbons (Fsp3) is 0.562. The monoisotopic (exact) mass is 278 g/mol. The third kappa shape index (κ3) is 6.06. The fourth-order valence-corrected chi connectivity index (χ4v) is 1.91. The molecule has 0 spiro atoms. The zero-order valence-electron chi connectivity index (χ0n) is 13.0. The maximum atomic E-state index is 12.0. The lowest BCUT2D eigenvalue weighted by atomic mass is 10.2. The lowest BCUT2D eigenvalue weighted by Gasteiger charge is -2.18. The van der Waals surface area contributed by atoms with Crippen LogP contribution in [-0.4, -0.2) is 37.6 Å². The van der Waals surface area contributed by atoms with Crippen LogP contribution in [0.1, 0.15) is 32.3 Å². The minimum Gasteiger partial charge on any atom is -0.497 e. The normalized spacial score (nSPS) is 10.7. The van der Waals surface area contributed by atoms with Crippen molar-refractivity contribution in [2.45, 2.75) is 39.3 Å². The highest BCUT2D eigenvalue weighted by molar-refractivity contribution is 5.75. The smallest absolute Gasteiger partial charge is 0.222 e. The van der Waals surface area contributed by atoms with Crippen molar-refractivity contribution in [2.24, 2.45) is 0 Å². The van der Waals surface area contributed by atoms with E-state index in [1.165, 1.54) is 0 Å². The molecule has 4 heteroatoms. The van der Waals surface area contributed by atoms with Gasteiger partial charge in [0.05, 0.1) is 7.11 Å². The molecule has 20 heavy (non-hydrogen) atoms. The molecule has 112 valence electrons. The van der Waals surface area contributed by atoms with Gasteiger partial charge in [-0.2, -0.15) is 0 Å². The van der Waals surface area contributed by atoms with Crippen LogP contribution in [0, 0.1) is 0 Å². The molecule has 0 saturated carbocycles. The molecule has 0 radical (unpaired) electrons. The minimum absolute atomic E-state index is 0.186. The number of carbonyl (C=O) groups excluding carboxylic acids is 1. The van der Waals surface area contributed by atoms with E-state index in [-0.39, 0.29) is 5.91 Å². The molecule has 0 aliphatic heterocycles. The lowest BCUT2D eigenvalue weighted by Crippen LogP contribution is -2.28. The van der Waals surface area contributed by atoms with Crippen LogP contribution in [0.2, 0.25) is 0 Å². The Morgan fingerprint density at radius 2 is 1.95 bits per heavy atom. The number of benzene rings is 1. The molecule has 0 aliphatic carbocycles. The summed E-state index contributed by atoms with van der Waals surface area (Å²) < 4.78 is 5.12. The molecule has 1 N–H and O–H groups in total. The number of methoxy groups -OCH3 is 1. The van der Waals surface area contributed by atoms with E-state index in [1.54, 1.807) is 12.0 Å². The van der Waals surface area contributed by atoms with Gasteiger partial charge >= 0.3 is 0 Å². The van der Waals surface area contributed by atoms with E-state index in [0.29, 0.717) is 19.0 Å². The summed E-state index contributed by atoms with van der Waals surface area (Å²) >= 11 is 0. The minimum atomic E-state index is 0.186. The maximum Gasteiger partial charge on any atom is 0.222 e. The van der Waals surface area contributed by atoms with Crippen LogP contribution in [0.4, 0.5) is 0 Å². The molecule has 0 fully saturated rings. The van der Waals surface area contributed by atoms with Crippen LogP contribution >= 0.6 is 0 Å². The van der Waals surface area contributed by atoms with Gasteiger partial charge < -0.3 is 15.0 Å².